The molecule has 2 N–H and O–H groups in total. The normalized spacial score (nSPS) is 16.6. The minimum Gasteiger partial charge on any atom is -0.465 e. The van der Waals surface area contributed by atoms with Gasteiger partial charge in [0.1, 0.15) is 0 Å². The zero-order valence-corrected chi connectivity index (χ0v) is 12.5. The summed E-state index contributed by atoms with van der Waals surface area (Å²) in [7, 11) is 1.34. The molecule has 5 nitrogen and oxygen atoms in total. The number of fused-ring (bicyclic) bond motifs is 1. The quantitative estimate of drug-likeness (QED) is 0.800. The minimum atomic E-state index is -0.398. The van der Waals surface area contributed by atoms with Crippen LogP contribution in [-0.4, -0.2) is 25.5 Å². The molecule has 0 bridgehead atoms. The Bertz CT molecular complexity index is 500. The summed E-state index contributed by atoms with van der Waals surface area (Å²) in [6.07, 6.45) is 0.692. The molecule has 1 aromatic carbocycles. The van der Waals surface area contributed by atoms with Crippen molar-refractivity contribution in [1.82, 2.24) is 0 Å². The van der Waals surface area contributed by atoms with E-state index in [-0.39, 0.29) is 11.9 Å². The second-order valence-corrected chi connectivity index (χ2v) is 4.33. The zero-order chi connectivity index (χ0) is 15.3. The number of carbonyl (C=O) groups is 2. The number of anilines is 1. The number of ether oxygens (including phenoxy) is 1. The largest absolute Gasteiger partial charge is 0.465 e. The highest BCUT2D eigenvalue weighted by atomic mass is 16.5. The van der Waals surface area contributed by atoms with Crippen molar-refractivity contribution < 1.29 is 14.3 Å². The molecular formula is C15H22N2O3. The standard InChI is InChI=1S/C13H16N2O3.C2H6/c1-8(16)15-6-5-11(14)10-7-9(13(17)18-2)3-4-12(10)15;1-2/h3-4,7,11H,5-6,14H2,1-2H3;1-2H3. The Morgan fingerprint density at radius 1 is 1.35 bits per heavy atom. The van der Waals surface area contributed by atoms with Crippen LogP contribution in [0.2, 0.25) is 0 Å². The molecule has 5 heteroatoms. The van der Waals surface area contributed by atoms with Crippen molar-refractivity contribution in [2.45, 2.75) is 33.2 Å². The predicted molar refractivity (Wildman–Crippen MR) is 78.7 cm³/mol. The molecule has 20 heavy (non-hydrogen) atoms. The Morgan fingerprint density at radius 3 is 2.55 bits per heavy atom. The average molecular weight is 278 g/mol. The molecule has 0 saturated heterocycles. The molecule has 1 unspecified atom stereocenters. The Hall–Kier alpha value is -1.88. The first kappa shape index (κ1) is 16.2. The molecule has 1 aliphatic heterocycles. The number of methoxy groups -OCH3 is 1. The van der Waals surface area contributed by atoms with E-state index in [1.54, 1.807) is 23.1 Å². The van der Waals surface area contributed by atoms with Gasteiger partial charge in [0, 0.05) is 25.2 Å². The van der Waals surface area contributed by atoms with Gasteiger partial charge in [-0.2, -0.15) is 0 Å². The number of esters is 1. The molecule has 2 rings (SSSR count). The number of hydrogen-bond donors (Lipinski definition) is 1. The maximum Gasteiger partial charge on any atom is 0.337 e. The van der Waals surface area contributed by atoms with Gasteiger partial charge < -0.3 is 15.4 Å². The summed E-state index contributed by atoms with van der Waals surface area (Å²) in [6.45, 7) is 6.13. The van der Waals surface area contributed by atoms with Gasteiger partial charge in [0.15, 0.2) is 0 Å². The molecule has 1 heterocycles. The van der Waals surface area contributed by atoms with Gasteiger partial charge >= 0.3 is 5.97 Å². The Morgan fingerprint density at radius 2 is 2.00 bits per heavy atom. The number of hydrogen-bond acceptors (Lipinski definition) is 4. The third-order valence-electron chi connectivity index (χ3n) is 3.18. The second-order valence-electron chi connectivity index (χ2n) is 4.33. The third kappa shape index (κ3) is 3.17. The van der Waals surface area contributed by atoms with Crippen LogP contribution >= 0.6 is 0 Å². The summed E-state index contributed by atoms with van der Waals surface area (Å²) in [5.74, 6) is -0.418. The molecule has 0 aromatic heterocycles. The fourth-order valence-corrected chi connectivity index (χ4v) is 2.21. The van der Waals surface area contributed by atoms with Crippen LogP contribution in [0.5, 0.6) is 0 Å². The van der Waals surface area contributed by atoms with E-state index in [4.69, 9.17) is 5.73 Å². The van der Waals surface area contributed by atoms with Gasteiger partial charge in [-0.05, 0) is 30.2 Å². The predicted octanol–water partition coefficient (Wildman–Crippen LogP) is 2.26. The Labute approximate surface area is 119 Å². The molecule has 110 valence electrons. The highest BCUT2D eigenvalue weighted by Crippen LogP contribution is 2.33. The van der Waals surface area contributed by atoms with Crippen molar-refractivity contribution in [1.29, 1.82) is 0 Å². The zero-order valence-electron chi connectivity index (χ0n) is 12.5. The first-order valence-corrected chi connectivity index (χ1v) is 6.80. The first-order valence-electron chi connectivity index (χ1n) is 6.80. The number of nitrogens with zero attached hydrogens (tertiary/aromatic N) is 1. The van der Waals surface area contributed by atoms with Gasteiger partial charge in [0.25, 0.3) is 0 Å². The molecule has 0 spiro atoms. The van der Waals surface area contributed by atoms with Crippen LogP contribution < -0.4 is 10.6 Å². The highest BCUT2D eigenvalue weighted by Gasteiger charge is 2.25. The highest BCUT2D eigenvalue weighted by molar-refractivity contribution is 5.95. The lowest BCUT2D eigenvalue weighted by Gasteiger charge is -2.32. The van der Waals surface area contributed by atoms with E-state index in [1.165, 1.54) is 14.0 Å². The fourth-order valence-electron chi connectivity index (χ4n) is 2.21. The summed E-state index contributed by atoms with van der Waals surface area (Å²) in [6, 6.07) is 4.96. The van der Waals surface area contributed by atoms with Gasteiger partial charge in [0.2, 0.25) is 5.91 Å². The van der Waals surface area contributed by atoms with Crippen molar-refractivity contribution in [2.75, 3.05) is 18.6 Å². The van der Waals surface area contributed by atoms with Crippen molar-refractivity contribution in [3.05, 3.63) is 29.3 Å². The molecular weight excluding hydrogens is 256 g/mol. The summed E-state index contributed by atoms with van der Waals surface area (Å²) < 4.78 is 4.68. The Kier molecular flexibility index (Phi) is 5.70. The summed E-state index contributed by atoms with van der Waals surface area (Å²) in [5, 5.41) is 0. The topological polar surface area (TPSA) is 72.6 Å². The number of carbonyl (C=O) groups excluding carboxylic acids is 2. The van der Waals surface area contributed by atoms with Crippen LogP contribution in [0.1, 0.15) is 49.2 Å². The van der Waals surface area contributed by atoms with Crippen molar-refractivity contribution in [2.24, 2.45) is 5.73 Å². The van der Waals surface area contributed by atoms with Crippen LogP contribution in [0.15, 0.2) is 18.2 Å². The molecule has 0 saturated carbocycles. The number of benzene rings is 1. The van der Waals surface area contributed by atoms with E-state index in [2.05, 4.69) is 4.74 Å². The molecule has 0 fully saturated rings. The van der Waals surface area contributed by atoms with Gasteiger partial charge in [0.05, 0.1) is 12.7 Å². The van der Waals surface area contributed by atoms with Gasteiger partial charge in [-0.15, -0.1) is 0 Å². The van der Waals surface area contributed by atoms with Crippen LogP contribution in [0.3, 0.4) is 0 Å². The number of rotatable bonds is 1. The van der Waals surface area contributed by atoms with Gasteiger partial charge in [-0.25, -0.2) is 4.79 Å². The van der Waals surface area contributed by atoms with E-state index < -0.39 is 5.97 Å². The molecule has 0 aliphatic carbocycles. The van der Waals surface area contributed by atoms with Crippen LogP contribution in [0.25, 0.3) is 0 Å². The lowest BCUT2D eigenvalue weighted by Crippen LogP contribution is -2.37. The van der Waals surface area contributed by atoms with E-state index in [9.17, 15) is 9.59 Å². The van der Waals surface area contributed by atoms with Gasteiger partial charge in [-0.1, -0.05) is 13.8 Å². The Balaban J connectivity index is 0.000000956. The second kappa shape index (κ2) is 7.05. The van der Waals surface area contributed by atoms with E-state index in [1.807, 2.05) is 13.8 Å². The maximum atomic E-state index is 11.5. The summed E-state index contributed by atoms with van der Waals surface area (Å²) >= 11 is 0. The monoisotopic (exact) mass is 278 g/mol. The molecule has 1 amide bonds. The SMILES string of the molecule is CC.COC(=O)c1ccc2c(c1)C(N)CCN2C(C)=O. The molecule has 1 atom stereocenters. The molecule has 0 radical (unpaired) electrons. The fraction of sp³-hybridized carbons (Fsp3) is 0.467. The van der Waals surface area contributed by atoms with Crippen molar-refractivity contribution >= 4 is 17.6 Å². The van der Waals surface area contributed by atoms with Crippen LogP contribution in [-0.2, 0) is 9.53 Å². The number of nitrogens with two attached hydrogens (primary N) is 1. The lowest BCUT2D eigenvalue weighted by molar-refractivity contribution is -0.116. The maximum absolute atomic E-state index is 11.5. The summed E-state index contributed by atoms with van der Waals surface area (Å²) in [4.78, 5) is 24.7. The van der Waals surface area contributed by atoms with Crippen molar-refractivity contribution in [3.8, 4) is 0 Å². The average Bonchev–Trinajstić information content (AvgIpc) is 2.48. The number of amides is 1. The first-order chi connectivity index (χ1) is 9.54. The van der Waals surface area contributed by atoms with Crippen LogP contribution in [0, 0.1) is 0 Å². The van der Waals surface area contributed by atoms with E-state index in [0.29, 0.717) is 18.5 Å². The molecule has 1 aliphatic rings. The van der Waals surface area contributed by atoms with Crippen LogP contribution in [0.4, 0.5) is 5.69 Å². The van der Waals surface area contributed by atoms with E-state index in [0.717, 1.165) is 11.3 Å². The van der Waals surface area contributed by atoms with Crippen molar-refractivity contribution in [3.63, 3.8) is 0 Å². The van der Waals surface area contributed by atoms with E-state index >= 15 is 0 Å². The van der Waals surface area contributed by atoms with Gasteiger partial charge in [-0.3, -0.25) is 4.79 Å². The summed E-state index contributed by atoms with van der Waals surface area (Å²) in [5.41, 5.74) is 8.09. The lowest BCUT2D eigenvalue weighted by atomic mass is 9.95. The minimum absolute atomic E-state index is 0.0195. The molecule has 1 aromatic rings. The third-order valence-corrected chi connectivity index (χ3v) is 3.18. The smallest absolute Gasteiger partial charge is 0.337 e.